The van der Waals surface area contributed by atoms with Crippen molar-refractivity contribution in [1.82, 2.24) is 10.3 Å². The topological polar surface area (TPSA) is 54.0 Å². The van der Waals surface area contributed by atoms with Crippen molar-refractivity contribution < 1.29 is 4.79 Å². The van der Waals surface area contributed by atoms with Gasteiger partial charge in [-0.1, -0.05) is 11.6 Å². The molecule has 2 aromatic rings. The number of halogens is 1. The third-order valence-corrected chi connectivity index (χ3v) is 3.80. The van der Waals surface area contributed by atoms with Gasteiger partial charge in [-0.3, -0.25) is 9.78 Å². The van der Waals surface area contributed by atoms with E-state index in [2.05, 4.69) is 15.6 Å². The Morgan fingerprint density at radius 2 is 2.30 bits per heavy atom. The standard InChI is InChI=1S/C15H16ClN3O/c16-10-4-5-13-12(8-10)14(6-7-17-13)18-9-11-2-1-3-15(20)19-11/h4-8,11H,1-3,9H2,(H,17,18)(H,19,20)/t11-/m1/s1. The molecule has 0 aliphatic carbocycles. The van der Waals surface area contributed by atoms with Gasteiger partial charge in [-0.15, -0.1) is 0 Å². The maximum atomic E-state index is 11.4. The van der Waals surface area contributed by atoms with Gasteiger partial charge in [0, 0.05) is 41.3 Å². The van der Waals surface area contributed by atoms with E-state index in [4.69, 9.17) is 11.6 Å². The molecule has 1 amide bonds. The lowest BCUT2D eigenvalue weighted by atomic mass is 10.0. The zero-order valence-electron chi connectivity index (χ0n) is 11.0. The minimum atomic E-state index is 0.144. The molecule has 2 N–H and O–H groups in total. The summed E-state index contributed by atoms with van der Waals surface area (Å²) in [4.78, 5) is 15.7. The lowest BCUT2D eigenvalue weighted by Gasteiger charge is -2.24. The molecule has 1 aliphatic rings. The highest BCUT2D eigenvalue weighted by Gasteiger charge is 2.17. The minimum absolute atomic E-state index is 0.144. The molecule has 1 aromatic carbocycles. The first-order valence-corrected chi connectivity index (χ1v) is 7.18. The second-order valence-corrected chi connectivity index (χ2v) is 5.49. The van der Waals surface area contributed by atoms with Crippen LogP contribution in [-0.2, 0) is 4.79 Å². The van der Waals surface area contributed by atoms with Crippen molar-refractivity contribution in [2.75, 3.05) is 11.9 Å². The van der Waals surface area contributed by atoms with Gasteiger partial charge in [0.1, 0.15) is 0 Å². The predicted molar refractivity (Wildman–Crippen MR) is 81.0 cm³/mol. The Morgan fingerprint density at radius 1 is 1.40 bits per heavy atom. The van der Waals surface area contributed by atoms with Crippen LogP contribution < -0.4 is 10.6 Å². The van der Waals surface area contributed by atoms with E-state index in [9.17, 15) is 4.79 Å². The van der Waals surface area contributed by atoms with E-state index in [0.29, 0.717) is 11.4 Å². The number of hydrogen-bond donors (Lipinski definition) is 2. The van der Waals surface area contributed by atoms with Gasteiger partial charge in [0.05, 0.1) is 5.52 Å². The molecular weight excluding hydrogens is 274 g/mol. The molecule has 1 atom stereocenters. The summed E-state index contributed by atoms with van der Waals surface area (Å²) in [7, 11) is 0. The molecule has 0 bridgehead atoms. The first-order valence-electron chi connectivity index (χ1n) is 6.80. The molecule has 1 aromatic heterocycles. The van der Waals surface area contributed by atoms with Crippen LogP contribution in [0.4, 0.5) is 5.69 Å². The van der Waals surface area contributed by atoms with Crippen LogP contribution in [0.5, 0.6) is 0 Å². The van der Waals surface area contributed by atoms with Gasteiger partial charge in [-0.2, -0.15) is 0 Å². The quantitative estimate of drug-likeness (QED) is 0.913. The number of carbonyl (C=O) groups is 1. The van der Waals surface area contributed by atoms with Crippen molar-refractivity contribution in [2.45, 2.75) is 25.3 Å². The van der Waals surface area contributed by atoms with Crippen molar-refractivity contribution >= 4 is 34.1 Å². The van der Waals surface area contributed by atoms with Gasteiger partial charge in [0.2, 0.25) is 5.91 Å². The van der Waals surface area contributed by atoms with Gasteiger partial charge < -0.3 is 10.6 Å². The van der Waals surface area contributed by atoms with E-state index < -0.39 is 0 Å². The number of nitrogens with zero attached hydrogens (tertiary/aromatic N) is 1. The lowest BCUT2D eigenvalue weighted by molar-refractivity contribution is -0.123. The molecule has 2 heterocycles. The lowest BCUT2D eigenvalue weighted by Crippen LogP contribution is -2.42. The zero-order chi connectivity index (χ0) is 13.9. The van der Waals surface area contributed by atoms with Gasteiger partial charge in [-0.05, 0) is 37.1 Å². The Labute approximate surface area is 122 Å². The summed E-state index contributed by atoms with van der Waals surface area (Å²) in [6.45, 7) is 0.720. The zero-order valence-corrected chi connectivity index (χ0v) is 11.8. The summed E-state index contributed by atoms with van der Waals surface area (Å²) < 4.78 is 0. The SMILES string of the molecule is O=C1CCC[C@H](CNc2ccnc3ccc(Cl)cc23)N1. The smallest absolute Gasteiger partial charge is 0.220 e. The number of nitrogens with one attached hydrogen (secondary N) is 2. The number of anilines is 1. The molecule has 3 rings (SSSR count). The second-order valence-electron chi connectivity index (χ2n) is 5.06. The molecule has 104 valence electrons. The molecule has 5 heteroatoms. The molecule has 4 nitrogen and oxygen atoms in total. The Hall–Kier alpha value is -1.81. The van der Waals surface area contributed by atoms with Gasteiger partial charge >= 0.3 is 0 Å². The van der Waals surface area contributed by atoms with Crippen molar-refractivity contribution in [3.05, 3.63) is 35.5 Å². The van der Waals surface area contributed by atoms with Crippen molar-refractivity contribution in [1.29, 1.82) is 0 Å². The fourth-order valence-electron chi connectivity index (χ4n) is 2.54. The molecule has 20 heavy (non-hydrogen) atoms. The summed E-state index contributed by atoms with van der Waals surface area (Å²) in [5, 5.41) is 8.09. The largest absolute Gasteiger partial charge is 0.382 e. The van der Waals surface area contributed by atoms with Crippen LogP contribution in [0.3, 0.4) is 0 Å². The molecule has 0 radical (unpaired) electrons. The van der Waals surface area contributed by atoms with E-state index in [1.54, 1.807) is 6.20 Å². The van der Waals surface area contributed by atoms with Crippen molar-refractivity contribution in [3.63, 3.8) is 0 Å². The molecule has 1 saturated heterocycles. The number of carbonyl (C=O) groups excluding carboxylic acids is 1. The number of pyridine rings is 1. The predicted octanol–water partition coefficient (Wildman–Crippen LogP) is 2.97. The fraction of sp³-hybridized carbons (Fsp3) is 0.333. The molecule has 0 saturated carbocycles. The van der Waals surface area contributed by atoms with Crippen LogP contribution in [0.1, 0.15) is 19.3 Å². The second kappa shape index (κ2) is 5.67. The van der Waals surface area contributed by atoms with Crippen LogP contribution in [0, 0.1) is 0 Å². The van der Waals surface area contributed by atoms with E-state index in [-0.39, 0.29) is 11.9 Å². The summed E-state index contributed by atoms with van der Waals surface area (Å²) in [5.74, 6) is 0.144. The van der Waals surface area contributed by atoms with Crippen molar-refractivity contribution in [3.8, 4) is 0 Å². The number of rotatable bonds is 3. The van der Waals surface area contributed by atoms with Crippen molar-refractivity contribution in [2.24, 2.45) is 0 Å². The van der Waals surface area contributed by atoms with Gasteiger partial charge in [0.25, 0.3) is 0 Å². The Bertz CT molecular complexity index is 644. The summed E-state index contributed by atoms with van der Waals surface area (Å²) in [5.41, 5.74) is 1.91. The number of amides is 1. The third-order valence-electron chi connectivity index (χ3n) is 3.56. The van der Waals surface area contributed by atoms with Crippen LogP contribution in [0.2, 0.25) is 5.02 Å². The molecule has 1 aliphatic heterocycles. The highest BCUT2D eigenvalue weighted by molar-refractivity contribution is 6.31. The number of hydrogen-bond acceptors (Lipinski definition) is 3. The maximum Gasteiger partial charge on any atom is 0.220 e. The van der Waals surface area contributed by atoms with Gasteiger partial charge in [-0.25, -0.2) is 0 Å². The number of fused-ring (bicyclic) bond motifs is 1. The first-order chi connectivity index (χ1) is 9.72. The maximum absolute atomic E-state index is 11.4. The van der Waals surface area contributed by atoms with E-state index >= 15 is 0 Å². The average molecular weight is 290 g/mol. The third kappa shape index (κ3) is 2.85. The molecule has 1 fully saturated rings. The molecule has 0 unspecified atom stereocenters. The molecule has 0 spiro atoms. The highest BCUT2D eigenvalue weighted by atomic mass is 35.5. The van der Waals surface area contributed by atoms with E-state index in [1.807, 2.05) is 24.3 Å². The van der Waals surface area contributed by atoms with Gasteiger partial charge in [0.15, 0.2) is 0 Å². The summed E-state index contributed by atoms with van der Waals surface area (Å²) in [6, 6.07) is 7.78. The Kier molecular flexibility index (Phi) is 3.74. The average Bonchev–Trinajstić information content (AvgIpc) is 2.45. The first kappa shape index (κ1) is 13.2. The summed E-state index contributed by atoms with van der Waals surface area (Å²) in [6.07, 6.45) is 4.39. The van der Waals surface area contributed by atoms with Crippen LogP contribution in [-0.4, -0.2) is 23.5 Å². The monoisotopic (exact) mass is 289 g/mol. The Morgan fingerprint density at radius 3 is 3.15 bits per heavy atom. The van der Waals surface area contributed by atoms with E-state index in [0.717, 1.165) is 36.0 Å². The molecular formula is C15H16ClN3O. The van der Waals surface area contributed by atoms with Crippen LogP contribution in [0.25, 0.3) is 10.9 Å². The number of benzene rings is 1. The minimum Gasteiger partial charge on any atom is -0.382 e. The van der Waals surface area contributed by atoms with Crippen LogP contribution in [0.15, 0.2) is 30.5 Å². The summed E-state index contributed by atoms with van der Waals surface area (Å²) >= 11 is 6.05. The van der Waals surface area contributed by atoms with Crippen LogP contribution >= 0.6 is 11.6 Å². The van der Waals surface area contributed by atoms with E-state index in [1.165, 1.54) is 0 Å². The highest BCUT2D eigenvalue weighted by Crippen LogP contribution is 2.25. The number of aromatic nitrogens is 1. The Balaban J connectivity index is 1.77. The fourth-order valence-corrected chi connectivity index (χ4v) is 2.71. The normalized spacial score (nSPS) is 18.9. The number of piperidine rings is 1.